The van der Waals surface area contributed by atoms with Gasteiger partial charge in [0.25, 0.3) is 0 Å². The van der Waals surface area contributed by atoms with Crippen molar-refractivity contribution in [3.63, 3.8) is 0 Å². The summed E-state index contributed by atoms with van der Waals surface area (Å²) in [6.07, 6.45) is 0. The maximum atomic E-state index is 12.3. The van der Waals surface area contributed by atoms with Gasteiger partial charge in [-0.15, -0.1) is 0 Å². The Balaban J connectivity index is 1.81. The molecule has 0 aromatic heterocycles. The number of Topliss-reactive ketones (excluding diaryl/α,β-unsaturated/α-hetero) is 2. The van der Waals surface area contributed by atoms with Gasteiger partial charge in [0.2, 0.25) is 11.6 Å². The monoisotopic (exact) mass is 314 g/mol. The maximum Gasteiger partial charge on any atom is 0.233 e. The van der Waals surface area contributed by atoms with Gasteiger partial charge in [-0.05, 0) is 0 Å². The zero-order valence-electron chi connectivity index (χ0n) is 12.8. The SMILES string of the molecule is O=C(C(=O)c1ccc(C(=O)c2ccccc2)cc1)c1ccccc1. The van der Waals surface area contributed by atoms with Crippen molar-refractivity contribution < 1.29 is 14.4 Å². The molecule has 0 amide bonds. The van der Waals surface area contributed by atoms with E-state index in [-0.39, 0.29) is 11.3 Å². The van der Waals surface area contributed by atoms with Crippen LogP contribution in [0.15, 0.2) is 84.9 Å². The lowest BCUT2D eigenvalue weighted by Gasteiger charge is -2.04. The van der Waals surface area contributed by atoms with E-state index in [1.165, 1.54) is 12.1 Å². The molecular formula is C21H14O3. The number of carbonyl (C=O) groups is 3. The highest BCUT2D eigenvalue weighted by Gasteiger charge is 2.18. The van der Waals surface area contributed by atoms with E-state index in [0.29, 0.717) is 16.7 Å². The van der Waals surface area contributed by atoms with Gasteiger partial charge in [-0.25, -0.2) is 0 Å². The van der Waals surface area contributed by atoms with E-state index in [1.807, 2.05) is 6.07 Å². The summed E-state index contributed by atoms with van der Waals surface area (Å²) in [6, 6.07) is 23.5. The lowest BCUT2D eigenvalue weighted by atomic mass is 9.98. The zero-order valence-corrected chi connectivity index (χ0v) is 12.8. The van der Waals surface area contributed by atoms with Crippen LogP contribution in [-0.4, -0.2) is 17.3 Å². The van der Waals surface area contributed by atoms with Gasteiger partial charge in [-0.1, -0.05) is 84.9 Å². The molecule has 0 heterocycles. The first-order valence-electron chi connectivity index (χ1n) is 7.51. The normalized spacial score (nSPS) is 10.2. The van der Waals surface area contributed by atoms with Crippen LogP contribution in [-0.2, 0) is 0 Å². The van der Waals surface area contributed by atoms with E-state index in [2.05, 4.69) is 0 Å². The van der Waals surface area contributed by atoms with Crippen LogP contribution in [0.4, 0.5) is 0 Å². The largest absolute Gasteiger partial charge is 0.289 e. The maximum absolute atomic E-state index is 12.3. The first-order valence-corrected chi connectivity index (χ1v) is 7.51. The summed E-state index contributed by atoms with van der Waals surface area (Å²) < 4.78 is 0. The summed E-state index contributed by atoms with van der Waals surface area (Å²) in [4.78, 5) is 36.8. The fraction of sp³-hybridized carbons (Fsp3) is 0. The fourth-order valence-corrected chi connectivity index (χ4v) is 2.38. The molecule has 3 aromatic rings. The molecule has 0 radical (unpaired) electrons. The lowest BCUT2D eigenvalue weighted by Crippen LogP contribution is -2.14. The summed E-state index contributed by atoms with van der Waals surface area (Å²) in [5.41, 5.74) is 1.68. The molecule has 0 aliphatic rings. The Bertz CT molecular complexity index is 879. The summed E-state index contributed by atoms with van der Waals surface area (Å²) in [5, 5.41) is 0. The molecule has 0 atom stereocenters. The summed E-state index contributed by atoms with van der Waals surface area (Å²) in [7, 11) is 0. The molecule has 0 fully saturated rings. The van der Waals surface area contributed by atoms with Crippen LogP contribution in [0.3, 0.4) is 0 Å². The van der Waals surface area contributed by atoms with Crippen LogP contribution in [0.5, 0.6) is 0 Å². The molecule has 0 aliphatic carbocycles. The number of hydrogen-bond acceptors (Lipinski definition) is 3. The van der Waals surface area contributed by atoms with Crippen molar-refractivity contribution in [3.05, 3.63) is 107 Å². The van der Waals surface area contributed by atoms with Crippen LogP contribution in [0.25, 0.3) is 0 Å². The smallest absolute Gasteiger partial charge is 0.233 e. The summed E-state index contributed by atoms with van der Waals surface area (Å²) in [6.45, 7) is 0. The average molecular weight is 314 g/mol. The Hall–Kier alpha value is -3.33. The van der Waals surface area contributed by atoms with Gasteiger partial charge in [0, 0.05) is 22.3 Å². The Morgan fingerprint density at radius 2 is 0.750 bits per heavy atom. The standard InChI is InChI=1S/C21H14O3/c22-19(15-7-3-1-4-8-15)17-11-13-18(14-12-17)21(24)20(23)16-9-5-2-6-10-16/h1-14H. The molecule has 24 heavy (non-hydrogen) atoms. The molecule has 3 nitrogen and oxygen atoms in total. The molecule has 0 unspecified atom stereocenters. The van der Waals surface area contributed by atoms with E-state index < -0.39 is 11.6 Å². The van der Waals surface area contributed by atoms with Crippen LogP contribution >= 0.6 is 0 Å². The number of carbonyl (C=O) groups excluding carboxylic acids is 3. The van der Waals surface area contributed by atoms with Crippen LogP contribution in [0.2, 0.25) is 0 Å². The molecule has 3 heteroatoms. The first-order chi connectivity index (χ1) is 11.7. The zero-order chi connectivity index (χ0) is 16.9. The average Bonchev–Trinajstić information content (AvgIpc) is 2.68. The highest BCUT2D eigenvalue weighted by molar-refractivity contribution is 6.49. The van der Waals surface area contributed by atoms with Gasteiger partial charge in [0.1, 0.15) is 0 Å². The quantitative estimate of drug-likeness (QED) is 0.528. The third kappa shape index (κ3) is 3.20. The Kier molecular flexibility index (Phi) is 4.43. The molecule has 116 valence electrons. The first kappa shape index (κ1) is 15.6. The van der Waals surface area contributed by atoms with Crippen LogP contribution in [0.1, 0.15) is 36.6 Å². The van der Waals surface area contributed by atoms with Gasteiger partial charge < -0.3 is 0 Å². The molecule has 0 saturated carbocycles. The minimum absolute atomic E-state index is 0.121. The lowest BCUT2D eigenvalue weighted by molar-refractivity contribution is 0.0817. The van der Waals surface area contributed by atoms with Gasteiger partial charge in [-0.3, -0.25) is 14.4 Å². The Labute approximate surface area is 139 Å². The predicted octanol–water partition coefficient (Wildman–Crippen LogP) is 3.98. The van der Waals surface area contributed by atoms with Crippen molar-refractivity contribution in [1.82, 2.24) is 0 Å². The molecule has 0 bridgehead atoms. The number of ketones is 3. The Morgan fingerprint density at radius 1 is 0.417 bits per heavy atom. The second-order valence-corrected chi connectivity index (χ2v) is 5.30. The number of rotatable bonds is 5. The topological polar surface area (TPSA) is 51.2 Å². The van der Waals surface area contributed by atoms with Crippen molar-refractivity contribution >= 4 is 17.3 Å². The molecule has 0 spiro atoms. The van der Waals surface area contributed by atoms with E-state index in [9.17, 15) is 14.4 Å². The second-order valence-electron chi connectivity index (χ2n) is 5.30. The van der Waals surface area contributed by atoms with Crippen molar-refractivity contribution in [3.8, 4) is 0 Å². The highest BCUT2D eigenvalue weighted by atomic mass is 16.2. The number of hydrogen-bond donors (Lipinski definition) is 0. The number of benzene rings is 3. The minimum Gasteiger partial charge on any atom is -0.289 e. The van der Waals surface area contributed by atoms with E-state index in [4.69, 9.17) is 0 Å². The predicted molar refractivity (Wildman–Crippen MR) is 91.4 cm³/mol. The van der Waals surface area contributed by atoms with E-state index >= 15 is 0 Å². The Morgan fingerprint density at radius 3 is 1.25 bits per heavy atom. The van der Waals surface area contributed by atoms with Crippen molar-refractivity contribution in [1.29, 1.82) is 0 Å². The fourth-order valence-electron chi connectivity index (χ4n) is 2.38. The van der Waals surface area contributed by atoms with E-state index in [1.54, 1.807) is 66.7 Å². The van der Waals surface area contributed by atoms with Crippen molar-refractivity contribution in [2.45, 2.75) is 0 Å². The summed E-state index contributed by atoms with van der Waals surface area (Å²) in [5.74, 6) is -1.26. The van der Waals surface area contributed by atoms with Crippen LogP contribution in [0, 0.1) is 0 Å². The van der Waals surface area contributed by atoms with Gasteiger partial charge in [-0.2, -0.15) is 0 Å². The summed E-state index contributed by atoms with van der Waals surface area (Å²) >= 11 is 0. The van der Waals surface area contributed by atoms with Crippen molar-refractivity contribution in [2.75, 3.05) is 0 Å². The van der Waals surface area contributed by atoms with E-state index in [0.717, 1.165) is 0 Å². The minimum atomic E-state index is -0.583. The second kappa shape index (κ2) is 6.84. The molecule has 0 aliphatic heterocycles. The van der Waals surface area contributed by atoms with Gasteiger partial charge >= 0.3 is 0 Å². The van der Waals surface area contributed by atoms with Gasteiger partial charge in [0.15, 0.2) is 5.78 Å². The third-order valence-corrected chi connectivity index (χ3v) is 3.69. The third-order valence-electron chi connectivity index (χ3n) is 3.69. The molecular weight excluding hydrogens is 300 g/mol. The van der Waals surface area contributed by atoms with Crippen molar-refractivity contribution in [2.24, 2.45) is 0 Å². The van der Waals surface area contributed by atoms with Crippen LogP contribution < -0.4 is 0 Å². The molecule has 0 saturated heterocycles. The molecule has 0 N–H and O–H groups in total. The van der Waals surface area contributed by atoms with Gasteiger partial charge in [0.05, 0.1) is 0 Å². The molecule has 3 aromatic carbocycles. The highest BCUT2D eigenvalue weighted by Crippen LogP contribution is 2.13. The molecule has 3 rings (SSSR count).